The van der Waals surface area contributed by atoms with Crippen molar-refractivity contribution in [1.29, 1.82) is 0 Å². The highest BCUT2D eigenvalue weighted by atomic mass is 79.9. The van der Waals surface area contributed by atoms with E-state index in [-0.39, 0.29) is 23.6 Å². The molecular weight excluding hydrogens is 278 g/mol. The minimum Gasteiger partial charge on any atom is -0.465 e. The van der Waals surface area contributed by atoms with Crippen LogP contribution >= 0.6 is 15.9 Å². The first-order chi connectivity index (χ1) is 7.63. The number of carbonyl (C=O) groups is 1. The summed E-state index contributed by atoms with van der Waals surface area (Å²) in [5.41, 5.74) is 0.953. The number of esters is 1. The average molecular weight is 288 g/mol. The predicted octanol–water partition coefficient (Wildman–Crippen LogP) is 2.08. The molecule has 1 aromatic rings. The van der Waals surface area contributed by atoms with Crippen LogP contribution in [0.5, 0.6) is 0 Å². The zero-order chi connectivity index (χ0) is 12.0. The Labute approximate surface area is 101 Å². The Morgan fingerprint density at radius 3 is 2.50 bits per heavy atom. The van der Waals surface area contributed by atoms with E-state index in [1.165, 1.54) is 12.1 Å². The van der Waals surface area contributed by atoms with Gasteiger partial charge in [0.25, 0.3) is 5.69 Å². The maximum atomic E-state index is 10.8. The first kappa shape index (κ1) is 12.6. The second-order valence-corrected chi connectivity index (χ2v) is 3.59. The van der Waals surface area contributed by atoms with Gasteiger partial charge in [0, 0.05) is 18.6 Å². The zero-order valence-electron chi connectivity index (χ0n) is 8.39. The fourth-order valence-electron chi connectivity index (χ4n) is 1.11. The number of hydrogen-bond acceptors (Lipinski definition) is 4. The molecule has 0 heterocycles. The quantitative estimate of drug-likeness (QED) is 0.360. The average Bonchev–Trinajstić information content (AvgIpc) is 2.29. The molecule has 0 saturated carbocycles. The summed E-state index contributed by atoms with van der Waals surface area (Å²) in [6.07, 6.45) is 0.552. The molecule has 0 aromatic heterocycles. The topological polar surface area (TPSA) is 69.4 Å². The van der Waals surface area contributed by atoms with Gasteiger partial charge in [-0.05, 0) is 5.56 Å². The van der Waals surface area contributed by atoms with E-state index >= 15 is 0 Å². The number of benzene rings is 1. The molecule has 16 heavy (non-hydrogen) atoms. The second kappa shape index (κ2) is 6.22. The number of alkyl halides is 1. The monoisotopic (exact) mass is 287 g/mol. The highest BCUT2D eigenvalue weighted by Crippen LogP contribution is 2.12. The van der Waals surface area contributed by atoms with Crippen molar-refractivity contribution >= 4 is 27.6 Å². The number of nitro groups is 1. The SMILES string of the molecule is O=C(CBr)OCCc1ccc([N+](=O)[O-])cc1. The smallest absolute Gasteiger partial charge is 0.316 e. The Bertz CT molecular complexity index is 377. The summed E-state index contributed by atoms with van der Waals surface area (Å²) in [4.78, 5) is 20.7. The molecule has 86 valence electrons. The van der Waals surface area contributed by atoms with Crippen LogP contribution in [0, 0.1) is 10.1 Å². The van der Waals surface area contributed by atoms with Crippen molar-refractivity contribution in [2.75, 3.05) is 11.9 Å². The van der Waals surface area contributed by atoms with Gasteiger partial charge in [0.1, 0.15) is 5.33 Å². The summed E-state index contributed by atoms with van der Waals surface area (Å²) >= 11 is 2.98. The van der Waals surface area contributed by atoms with E-state index in [1.807, 2.05) is 0 Å². The third-order valence-electron chi connectivity index (χ3n) is 1.91. The number of nitrogens with zero attached hydrogens (tertiary/aromatic N) is 1. The van der Waals surface area contributed by atoms with Gasteiger partial charge in [-0.2, -0.15) is 0 Å². The normalized spacial score (nSPS) is 9.81. The fourth-order valence-corrected chi connectivity index (χ4v) is 1.27. The summed E-state index contributed by atoms with van der Waals surface area (Å²) in [5.74, 6) is -0.318. The van der Waals surface area contributed by atoms with Crippen LogP contribution in [0.3, 0.4) is 0 Å². The van der Waals surface area contributed by atoms with Crippen LogP contribution in [-0.4, -0.2) is 22.8 Å². The van der Waals surface area contributed by atoms with E-state index in [0.717, 1.165) is 5.56 Å². The van der Waals surface area contributed by atoms with Gasteiger partial charge in [0.05, 0.1) is 11.5 Å². The third kappa shape index (κ3) is 3.98. The molecule has 6 heteroatoms. The molecule has 0 aliphatic heterocycles. The second-order valence-electron chi connectivity index (χ2n) is 3.03. The lowest BCUT2D eigenvalue weighted by molar-refractivity contribution is -0.384. The first-order valence-corrected chi connectivity index (χ1v) is 5.70. The molecule has 1 rings (SSSR count). The van der Waals surface area contributed by atoms with Crippen LogP contribution in [-0.2, 0) is 16.0 Å². The van der Waals surface area contributed by atoms with Crippen molar-refractivity contribution < 1.29 is 14.5 Å². The summed E-state index contributed by atoms with van der Waals surface area (Å²) in [6, 6.07) is 6.17. The van der Waals surface area contributed by atoms with Crippen LogP contribution in [0.2, 0.25) is 0 Å². The van der Waals surface area contributed by atoms with Crippen LogP contribution in [0.1, 0.15) is 5.56 Å². The number of carbonyl (C=O) groups excluding carboxylic acids is 1. The van der Waals surface area contributed by atoms with Gasteiger partial charge in [0.2, 0.25) is 0 Å². The molecule has 0 aliphatic carbocycles. The molecule has 0 aliphatic rings. The van der Waals surface area contributed by atoms with Crippen molar-refractivity contribution in [1.82, 2.24) is 0 Å². The molecule has 0 spiro atoms. The fraction of sp³-hybridized carbons (Fsp3) is 0.300. The number of rotatable bonds is 5. The van der Waals surface area contributed by atoms with Crippen molar-refractivity contribution in [3.05, 3.63) is 39.9 Å². The standard InChI is InChI=1S/C10H10BrNO4/c11-7-10(13)16-6-5-8-1-3-9(4-2-8)12(14)15/h1-4H,5-7H2. The van der Waals surface area contributed by atoms with Gasteiger partial charge < -0.3 is 4.74 Å². The highest BCUT2D eigenvalue weighted by molar-refractivity contribution is 9.09. The van der Waals surface area contributed by atoms with Crippen LogP contribution in [0.25, 0.3) is 0 Å². The highest BCUT2D eigenvalue weighted by Gasteiger charge is 2.04. The molecule has 0 N–H and O–H groups in total. The lowest BCUT2D eigenvalue weighted by Gasteiger charge is -2.02. The molecule has 5 nitrogen and oxygen atoms in total. The van der Waals surface area contributed by atoms with Crippen molar-refractivity contribution in [2.24, 2.45) is 0 Å². The number of non-ortho nitro benzene ring substituents is 1. The first-order valence-electron chi connectivity index (χ1n) is 4.58. The Kier molecular flexibility index (Phi) is 4.91. The van der Waals surface area contributed by atoms with Crippen LogP contribution in [0.15, 0.2) is 24.3 Å². The molecule has 0 atom stereocenters. The molecule has 0 fully saturated rings. The summed E-state index contributed by atoms with van der Waals surface area (Å²) in [6.45, 7) is 0.280. The van der Waals surface area contributed by atoms with Gasteiger partial charge >= 0.3 is 5.97 Å². The minimum absolute atomic E-state index is 0.0567. The molecule has 1 aromatic carbocycles. The Morgan fingerprint density at radius 1 is 1.38 bits per heavy atom. The number of ether oxygens (including phenoxy) is 1. The number of nitro benzene ring substituents is 1. The lowest BCUT2D eigenvalue weighted by atomic mass is 10.1. The Balaban J connectivity index is 2.43. The van der Waals surface area contributed by atoms with E-state index in [2.05, 4.69) is 15.9 Å². The van der Waals surface area contributed by atoms with Crippen molar-refractivity contribution in [3.63, 3.8) is 0 Å². The van der Waals surface area contributed by atoms with Gasteiger partial charge in [-0.1, -0.05) is 28.1 Å². The molecule has 0 radical (unpaired) electrons. The van der Waals surface area contributed by atoms with Gasteiger partial charge in [-0.15, -0.1) is 0 Å². The zero-order valence-corrected chi connectivity index (χ0v) is 9.97. The summed E-state index contributed by atoms with van der Waals surface area (Å²) < 4.78 is 4.85. The minimum atomic E-state index is -0.450. The molecule has 0 unspecified atom stereocenters. The van der Waals surface area contributed by atoms with E-state index < -0.39 is 4.92 Å². The lowest BCUT2D eigenvalue weighted by Crippen LogP contribution is -2.08. The predicted molar refractivity (Wildman–Crippen MR) is 61.6 cm³/mol. The van der Waals surface area contributed by atoms with E-state index in [0.29, 0.717) is 6.42 Å². The molecule has 0 bridgehead atoms. The summed E-state index contributed by atoms with van der Waals surface area (Å²) in [5, 5.41) is 10.6. The van der Waals surface area contributed by atoms with E-state index in [1.54, 1.807) is 12.1 Å². The van der Waals surface area contributed by atoms with E-state index in [9.17, 15) is 14.9 Å². The maximum absolute atomic E-state index is 10.8. The summed E-state index contributed by atoms with van der Waals surface area (Å²) in [7, 11) is 0. The van der Waals surface area contributed by atoms with Crippen molar-refractivity contribution in [2.45, 2.75) is 6.42 Å². The maximum Gasteiger partial charge on any atom is 0.316 e. The van der Waals surface area contributed by atoms with E-state index in [4.69, 9.17) is 4.74 Å². The Morgan fingerprint density at radius 2 is 2.00 bits per heavy atom. The number of hydrogen-bond donors (Lipinski definition) is 0. The van der Waals surface area contributed by atoms with Crippen LogP contribution < -0.4 is 0 Å². The molecule has 0 amide bonds. The van der Waals surface area contributed by atoms with Gasteiger partial charge in [0.15, 0.2) is 0 Å². The number of halogens is 1. The van der Waals surface area contributed by atoms with Crippen LogP contribution in [0.4, 0.5) is 5.69 Å². The van der Waals surface area contributed by atoms with Gasteiger partial charge in [-0.25, -0.2) is 0 Å². The largest absolute Gasteiger partial charge is 0.465 e. The Hall–Kier alpha value is -1.43. The molecular formula is C10H10BrNO4. The molecule has 0 saturated heterocycles. The van der Waals surface area contributed by atoms with Crippen molar-refractivity contribution in [3.8, 4) is 0 Å². The van der Waals surface area contributed by atoms with Gasteiger partial charge in [-0.3, -0.25) is 14.9 Å². The third-order valence-corrected chi connectivity index (χ3v) is 2.37.